The van der Waals surface area contributed by atoms with E-state index in [1.807, 2.05) is 66.7 Å². The van der Waals surface area contributed by atoms with Gasteiger partial charge in [0, 0.05) is 29.5 Å². The summed E-state index contributed by atoms with van der Waals surface area (Å²) in [6, 6.07) is 26.4. The Bertz CT molecular complexity index is 1030. The number of rotatable bonds is 4. The van der Waals surface area contributed by atoms with Crippen molar-refractivity contribution >= 4 is 34.6 Å². The maximum absolute atomic E-state index is 12.5. The first-order valence-electron chi connectivity index (χ1n) is 10.7. The summed E-state index contributed by atoms with van der Waals surface area (Å²) in [5.41, 5.74) is 4.85. The number of nitrogens with zero attached hydrogens (tertiary/aromatic N) is 1. The van der Waals surface area contributed by atoms with Gasteiger partial charge in [0.15, 0.2) is 5.11 Å². The fourth-order valence-corrected chi connectivity index (χ4v) is 4.21. The number of nitrogens with one attached hydrogen (secondary N) is 2. The molecule has 158 valence electrons. The molecule has 1 amide bonds. The van der Waals surface area contributed by atoms with Crippen LogP contribution in [-0.2, 0) is 0 Å². The zero-order valence-corrected chi connectivity index (χ0v) is 18.5. The Morgan fingerprint density at radius 3 is 2.26 bits per heavy atom. The van der Waals surface area contributed by atoms with E-state index in [9.17, 15) is 4.79 Å². The smallest absolute Gasteiger partial charge is 0.257 e. The second-order valence-corrected chi connectivity index (χ2v) is 8.34. The minimum absolute atomic E-state index is 0.226. The van der Waals surface area contributed by atoms with Crippen molar-refractivity contribution in [3.05, 3.63) is 84.4 Å². The van der Waals surface area contributed by atoms with Crippen molar-refractivity contribution in [3.63, 3.8) is 0 Å². The van der Waals surface area contributed by atoms with E-state index >= 15 is 0 Å². The molecule has 0 bridgehead atoms. The van der Waals surface area contributed by atoms with Crippen LogP contribution in [0.4, 0.5) is 11.4 Å². The summed E-state index contributed by atoms with van der Waals surface area (Å²) in [5, 5.41) is 6.15. The van der Waals surface area contributed by atoms with Crippen LogP contribution >= 0.6 is 12.2 Å². The molecular weight excluding hydrogens is 402 g/mol. The molecule has 0 spiro atoms. The summed E-state index contributed by atoms with van der Waals surface area (Å²) in [4.78, 5) is 15.0. The monoisotopic (exact) mass is 429 g/mol. The zero-order valence-electron chi connectivity index (χ0n) is 17.7. The van der Waals surface area contributed by atoms with Crippen LogP contribution in [0.25, 0.3) is 11.1 Å². The van der Waals surface area contributed by atoms with Crippen LogP contribution in [0.2, 0.25) is 0 Å². The highest BCUT2D eigenvalue weighted by molar-refractivity contribution is 7.80. The van der Waals surface area contributed by atoms with Crippen molar-refractivity contribution in [2.24, 2.45) is 0 Å². The van der Waals surface area contributed by atoms with Crippen LogP contribution in [-0.4, -0.2) is 23.6 Å². The van der Waals surface area contributed by atoms with E-state index in [1.165, 1.54) is 24.9 Å². The molecule has 0 unspecified atom stereocenters. The minimum Gasteiger partial charge on any atom is -0.369 e. The van der Waals surface area contributed by atoms with Crippen molar-refractivity contribution in [2.45, 2.75) is 32.2 Å². The van der Waals surface area contributed by atoms with Crippen LogP contribution in [0.15, 0.2) is 78.9 Å². The number of piperidine rings is 1. The molecule has 1 aliphatic heterocycles. The molecule has 0 radical (unpaired) electrons. The van der Waals surface area contributed by atoms with Gasteiger partial charge in [-0.05, 0) is 85.9 Å². The lowest BCUT2D eigenvalue weighted by Gasteiger charge is -2.35. The molecule has 3 aromatic carbocycles. The van der Waals surface area contributed by atoms with Gasteiger partial charge >= 0.3 is 0 Å². The average molecular weight is 430 g/mol. The second kappa shape index (κ2) is 9.75. The highest BCUT2D eigenvalue weighted by Crippen LogP contribution is 2.26. The SMILES string of the molecule is C[C@@H]1CCCCN1c1ccc(NC(=S)NC(=O)c2ccc(-c3ccccc3)cc2)cc1. The van der Waals surface area contributed by atoms with Gasteiger partial charge in [-0.25, -0.2) is 0 Å². The summed E-state index contributed by atoms with van der Waals surface area (Å²) < 4.78 is 0. The van der Waals surface area contributed by atoms with Crippen LogP contribution in [0, 0.1) is 0 Å². The highest BCUT2D eigenvalue weighted by Gasteiger charge is 2.18. The Balaban J connectivity index is 1.33. The molecule has 4 nitrogen and oxygen atoms in total. The van der Waals surface area contributed by atoms with Gasteiger partial charge in [0.1, 0.15) is 0 Å². The molecule has 0 saturated carbocycles. The van der Waals surface area contributed by atoms with Crippen molar-refractivity contribution < 1.29 is 4.79 Å². The van der Waals surface area contributed by atoms with E-state index in [4.69, 9.17) is 12.2 Å². The molecule has 0 aliphatic carbocycles. The predicted molar refractivity (Wildman–Crippen MR) is 133 cm³/mol. The fraction of sp³-hybridized carbons (Fsp3) is 0.231. The van der Waals surface area contributed by atoms with Gasteiger partial charge < -0.3 is 10.2 Å². The average Bonchev–Trinajstić information content (AvgIpc) is 2.81. The van der Waals surface area contributed by atoms with E-state index in [2.05, 4.69) is 34.6 Å². The van der Waals surface area contributed by atoms with Crippen molar-refractivity contribution in [1.29, 1.82) is 0 Å². The molecular formula is C26H27N3OS. The van der Waals surface area contributed by atoms with Gasteiger partial charge in [-0.3, -0.25) is 10.1 Å². The molecule has 0 aromatic heterocycles. The van der Waals surface area contributed by atoms with Gasteiger partial charge in [0.2, 0.25) is 0 Å². The van der Waals surface area contributed by atoms with Crippen LogP contribution in [0.3, 0.4) is 0 Å². The zero-order chi connectivity index (χ0) is 21.6. The van der Waals surface area contributed by atoms with E-state index < -0.39 is 0 Å². The topological polar surface area (TPSA) is 44.4 Å². The van der Waals surface area contributed by atoms with Gasteiger partial charge in [-0.15, -0.1) is 0 Å². The van der Waals surface area contributed by atoms with Crippen LogP contribution in [0.5, 0.6) is 0 Å². The Hall–Kier alpha value is -3.18. The Morgan fingerprint density at radius 2 is 1.58 bits per heavy atom. The first-order chi connectivity index (χ1) is 15.1. The van der Waals surface area contributed by atoms with Crippen LogP contribution in [0.1, 0.15) is 36.5 Å². The number of hydrogen-bond acceptors (Lipinski definition) is 3. The summed E-state index contributed by atoms with van der Waals surface area (Å²) in [7, 11) is 0. The number of amides is 1. The first-order valence-corrected chi connectivity index (χ1v) is 11.2. The lowest BCUT2D eigenvalue weighted by atomic mass is 10.0. The van der Waals surface area contributed by atoms with Gasteiger partial charge in [0.05, 0.1) is 0 Å². The van der Waals surface area contributed by atoms with Crippen molar-refractivity contribution in [3.8, 4) is 11.1 Å². The molecule has 1 fully saturated rings. The molecule has 2 N–H and O–H groups in total. The number of benzene rings is 3. The fourth-order valence-electron chi connectivity index (χ4n) is 4.00. The van der Waals surface area contributed by atoms with E-state index in [-0.39, 0.29) is 11.0 Å². The molecule has 1 aliphatic rings. The summed E-state index contributed by atoms with van der Waals surface area (Å²) in [5.74, 6) is -0.226. The number of carbonyl (C=O) groups is 1. The van der Waals surface area contributed by atoms with E-state index in [0.717, 1.165) is 23.4 Å². The molecule has 1 atom stereocenters. The number of hydrogen-bond donors (Lipinski definition) is 2. The standard InChI is InChI=1S/C26H27N3OS/c1-19-7-5-6-18-29(19)24-16-14-23(15-17-24)27-26(31)28-25(30)22-12-10-21(11-13-22)20-8-3-2-4-9-20/h2-4,8-17,19H,5-7,18H2,1H3,(H2,27,28,30,31)/t19-/m1/s1. The Kier molecular flexibility index (Phi) is 6.63. The third-order valence-electron chi connectivity index (χ3n) is 5.74. The normalized spacial score (nSPS) is 15.9. The molecule has 1 saturated heterocycles. The molecule has 3 aromatic rings. The third kappa shape index (κ3) is 5.30. The number of carbonyl (C=O) groups excluding carboxylic acids is 1. The largest absolute Gasteiger partial charge is 0.369 e. The summed E-state index contributed by atoms with van der Waals surface area (Å²) in [6.07, 6.45) is 3.79. The Morgan fingerprint density at radius 1 is 0.903 bits per heavy atom. The van der Waals surface area contributed by atoms with Crippen LogP contribution < -0.4 is 15.5 Å². The highest BCUT2D eigenvalue weighted by atomic mass is 32.1. The second-order valence-electron chi connectivity index (χ2n) is 7.94. The molecule has 1 heterocycles. The maximum Gasteiger partial charge on any atom is 0.257 e. The molecule has 31 heavy (non-hydrogen) atoms. The van der Waals surface area contributed by atoms with E-state index in [0.29, 0.717) is 11.6 Å². The number of thiocarbonyl (C=S) groups is 1. The van der Waals surface area contributed by atoms with Crippen molar-refractivity contribution in [1.82, 2.24) is 5.32 Å². The summed E-state index contributed by atoms with van der Waals surface area (Å²) >= 11 is 5.34. The lowest BCUT2D eigenvalue weighted by Crippen LogP contribution is -2.37. The maximum atomic E-state index is 12.5. The lowest BCUT2D eigenvalue weighted by molar-refractivity contribution is 0.0978. The van der Waals surface area contributed by atoms with Gasteiger partial charge in [0.25, 0.3) is 5.91 Å². The Labute approximate surface area is 189 Å². The van der Waals surface area contributed by atoms with Gasteiger partial charge in [-0.2, -0.15) is 0 Å². The molecule has 5 heteroatoms. The third-order valence-corrected chi connectivity index (χ3v) is 5.95. The van der Waals surface area contributed by atoms with Crippen molar-refractivity contribution in [2.75, 3.05) is 16.8 Å². The molecule has 4 rings (SSSR count). The first kappa shape index (κ1) is 21.1. The van der Waals surface area contributed by atoms with E-state index in [1.54, 1.807) is 0 Å². The number of anilines is 2. The predicted octanol–water partition coefficient (Wildman–Crippen LogP) is 5.86. The van der Waals surface area contributed by atoms with Gasteiger partial charge in [-0.1, -0.05) is 42.5 Å². The quantitative estimate of drug-likeness (QED) is 0.510. The minimum atomic E-state index is -0.226. The summed E-state index contributed by atoms with van der Waals surface area (Å²) in [6.45, 7) is 3.38.